The molecule has 1 heterocycles. The quantitative estimate of drug-likeness (QED) is 0.824. The van der Waals surface area contributed by atoms with E-state index in [1.54, 1.807) is 26.0 Å². The second-order valence-electron chi connectivity index (χ2n) is 6.28. The van der Waals surface area contributed by atoms with Gasteiger partial charge in [0.2, 0.25) is 11.8 Å². The second kappa shape index (κ2) is 8.03. The van der Waals surface area contributed by atoms with Gasteiger partial charge in [0.05, 0.1) is 28.5 Å². The van der Waals surface area contributed by atoms with E-state index in [2.05, 4.69) is 10.6 Å². The van der Waals surface area contributed by atoms with Crippen LogP contribution in [0.25, 0.3) is 0 Å². The standard InChI is InChI=1S/C18H17FN4O2S/c1-18(2)13(7-20)16(25)23-17(14(18)8-21)26-10-15(24)22-9-11-3-5-12(19)6-4-11/h3-6,13H,9-10H2,1-2H3,(H,22,24)(H,23,25)/t13-/m0/s1. The van der Waals surface area contributed by atoms with Crippen molar-refractivity contribution in [2.45, 2.75) is 20.4 Å². The van der Waals surface area contributed by atoms with Crippen molar-refractivity contribution in [2.75, 3.05) is 5.75 Å². The SMILES string of the molecule is CC1(C)C(C#N)=C(SCC(=O)NCc2ccc(F)cc2)NC(=O)[C@@H]1C#N. The Hall–Kier alpha value is -2.84. The molecular formula is C18H17FN4O2S. The Balaban J connectivity index is 2.01. The summed E-state index contributed by atoms with van der Waals surface area (Å²) >= 11 is 1.04. The van der Waals surface area contributed by atoms with Gasteiger partial charge in [0.1, 0.15) is 11.7 Å². The number of benzene rings is 1. The fourth-order valence-corrected chi connectivity index (χ4v) is 3.53. The Morgan fingerprint density at radius 2 is 2.00 bits per heavy atom. The molecule has 0 aliphatic carbocycles. The van der Waals surface area contributed by atoms with Crippen LogP contribution in [0, 0.1) is 39.8 Å². The predicted molar refractivity (Wildman–Crippen MR) is 94.4 cm³/mol. The molecular weight excluding hydrogens is 355 g/mol. The molecule has 2 rings (SSSR count). The van der Waals surface area contributed by atoms with E-state index in [1.807, 2.05) is 12.1 Å². The molecule has 0 saturated carbocycles. The van der Waals surface area contributed by atoms with E-state index in [0.29, 0.717) is 5.03 Å². The van der Waals surface area contributed by atoms with E-state index in [1.165, 1.54) is 12.1 Å². The van der Waals surface area contributed by atoms with Gasteiger partial charge in [-0.3, -0.25) is 9.59 Å². The van der Waals surface area contributed by atoms with E-state index in [0.717, 1.165) is 17.3 Å². The van der Waals surface area contributed by atoms with Crippen LogP contribution in [0.5, 0.6) is 0 Å². The number of nitriles is 2. The van der Waals surface area contributed by atoms with Crippen molar-refractivity contribution in [3.63, 3.8) is 0 Å². The maximum atomic E-state index is 12.9. The molecule has 1 aliphatic heterocycles. The summed E-state index contributed by atoms with van der Waals surface area (Å²) in [4.78, 5) is 24.1. The van der Waals surface area contributed by atoms with Crippen LogP contribution in [-0.4, -0.2) is 17.6 Å². The van der Waals surface area contributed by atoms with Crippen LogP contribution < -0.4 is 10.6 Å². The van der Waals surface area contributed by atoms with Crippen LogP contribution in [0.4, 0.5) is 4.39 Å². The monoisotopic (exact) mass is 372 g/mol. The number of halogens is 1. The topological polar surface area (TPSA) is 106 Å². The van der Waals surface area contributed by atoms with Crippen LogP contribution in [0.15, 0.2) is 34.9 Å². The van der Waals surface area contributed by atoms with Crippen molar-refractivity contribution >= 4 is 23.6 Å². The van der Waals surface area contributed by atoms with Crippen molar-refractivity contribution in [1.82, 2.24) is 10.6 Å². The molecule has 0 unspecified atom stereocenters. The Bertz CT molecular complexity index is 834. The molecule has 0 fully saturated rings. The van der Waals surface area contributed by atoms with Gasteiger partial charge in [-0.2, -0.15) is 10.5 Å². The van der Waals surface area contributed by atoms with Gasteiger partial charge in [-0.1, -0.05) is 37.7 Å². The van der Waals surface area contributed by atoms with E-state index >= 15 is 0 Å². The molecule has 0 spiro atoms. The lowest BCUT2D eigenvalue weighted by Crippen LogP contribution is -2.44. The summed E-state index contributed by atoms with van der Waals surface area (Å²) in [7, 11) is 0. The highest BCUT2D eigenvalue weighted by atomic mass is 32.2. The number of hydrogen-bond acceptors (Lipinski definition) is 5. The Morgan fingerprint density at radius 3 is 2.58 bits per heavy atom. The first kappa shape index (κ1) is 19.5. The normalized spacial score (nSPS) is 18.5. The van der Waals surface area contributed by atoms with E-state index in [-0.39, 0.29) is 29.6 Å². The summed E-state index contributed by atoms with van der Waals surface area (Å²) in [6.07, 6.45) is 0. The molecule has 8 heteroatoms. The van der Waals surface area contributed by atoms with Gasteiger partial charge in [0.25, 0.3) is 0 Å². The van der Waals surface area contributed by atoms with Gasteiger partial charge < -0.3 is 10.6 Å². The average molecular weight is 372 g/mol. The minimum atomic E-state index is -0.964. The maximum absolute atomic E-state index is 12.9. The number of nitrogens with zero attached hydrogens (tertiary/aromatic N) is 2. The predicted octanol–water partition coefficient (Wildman–Crippen LogP) is 2.21. The third kappa shape index (κ3) is 4.22. The highest BCUT2D eigenvalue weighted by Gasteiger charge is 2.44. The maximum Gasteiger partial charge on any atom is 0.243 e. The minimum Gasteiger partial charge on any atom is -0.351 e. The van der Waals surface area contributed by atoms with E-state index < -0.39 is 17.2 Å². The lowest BCUT2D eigenvalue weighted by molar-refractivity contribution is -0.125. The zero-order valence-corrected chi connectivity index (χ0v) is 15.1. The van der Waals surface area contributed by atoms with Crippen LogP contribution in [0.2, 0.25) is 0 Å². The summed E-state index contributed by atoms with van der Waals surface area (Å²) in [6.45, 7) is 3.57. The molecule has 1 aromatic rings. The van der Waals surface area contributed by atoms with Gasteiger partial charge in [0, 0.05) is 12.0 Å². The second-order valence-corrected chi connectivity index (χ2v) is 7.27. The highest BCUT2D eigenvalue weighted by Crippen LogP contribution is 2.41. The molecule has 0 radical (unpaired) electrons. The van der Waals surface area contributed by atoms with Gasteiger partial charge in [-0.25, -0.2) is 4.39 Å². The smallest absolute Gasteiger partial charge is 0.243 e. The lowest BCUT2D eigenvalue weighted by Gasteiger charge is -2.34. The molecule has 1 aliphatic rings. The summed E-state index contributed by atoms with van der Waals surface area (Å²) in [6, 6.07) is 9.74. The Labute approximate surface area is 155 Å². The fourth-order valence-electron chi connectivity index (χ4n) is 2.53. The van der Waals surface area contributed by atoms with Crippen molar-refractivity contribution in [1.29, 1.82) is 10.5 Å². The number of nitrogens with one attached hydrogen (secondary N) is 2. The third-order valence-electron chi connectivity index (χ3n) is 4.08. The van der Waals surface area contributed by atoms with Crippen LogP contribution in [0.3, 0.4) is 0 Å². The van der Waals surface area contributed by atoms with Crippen LogP contribution in [-0.2, 0) is 16.1 Å². The molecule has 1 atom stereocenters. The van der Waals surface area contributed by atoms with Crippen molar-refractivity contribution in [2.24, 2.45) is 11.3 Å². The number of rotatable bonds is 5. The molecule has 0 aromatic heterocycles. The molecule has 26 heavy (non-hydrogen) atoms. The molecule has 134 valence electrons. The zero-order valence-electron chi connectivity index (χ0n) is 14.3. The summed E-state index contributed by atoms with van der Waals surface area (Å²) in [5.41, 5.74) is 0.101. The first-order chi connectivity index (χ1) is 12.3. The minimum absolute atomic E-state index is 0.00467. The third-order valence-corrected chi connectivity index (χ3v) is 5.08. The zero-order chi connectivity index (χ0) is 19.3. The number of amides is 2. The molecule has 6 nitrogen and oxygen atoms in total. The van der Waals surface area contributed by atoms with Gasteiger partial charge in [0.15, 0.2) is 0 Å². The highest BCUT2D eigenvalue weighted by molar-refractivity contribution is 8.03. The average Bonchev–Trinajstić information content (AvgIpc) is 2.59. The first-order valence-corrected chi connectivity index (χ1v) is 8.77. The van der Waals surface area contributed by atoms with Gasteiger partial charge in [-0.05, 0) is 17.7 Å². The van der Waals surface area contributed by atoms with Crippen LogP contribution >= 0.6 is 11.8 Å². The van der Waals surface area contributed by atoms with Crippen molar-refractivity contribution in [3.8, 4) is 12.1 Å². The van der Waals surface area contributed by atoms with E-state index in [4.69, 9.17) is 0 Å². The van der Waals surface area contributed by atoms with Crippen molar-refractivity contribution < 1.29 is 14.0 Å². The summed E-state index contributed by atoms with van der Waals surface area (Å²) in [5.74, 6) is -2.09. The molecule has 0 bridgehead atoms. The number of carbonyl (C=O) groups excluding carboxylic acids is 2. The van der Waals surface area contributed by atoms with Crippen molar-refractivity contribution in [3.05, 3.63) is 46.2 Å². The summed E-state index contributed by atoms with van der Waals surface area (Å²) < 4.78 is 12.9. The van der Waals surface area contributed by atoms with Gasteiger partial charge in [-0.15, -0.1) is 0 Å². The van der Waals surface area contributed by atoms with E-state index in [9.17, 15) is 24.5 Å². The first-order valence-electron chi connectivity index (χ1n) is 7.79. The Kier molecular flexibility index (Phi) is 6.01. The Morgan fingerprint density at radius 1 is 1.35 bits per heavy atom. The number of allylic oxidation sites excluding steroid dienone is 1. The number of thioether (sulfide) groups is 1. The molecule has 2 amide bonds. The van der Waals surface area contributed by atoms with Gasteiger partial charge >= 0.3 is 0 Å². The van der Waals surface area contributed by atoms with Crippen LogP contribution in [0.1, 0.15) is 19.4 Å². The molecule has 0 saturated heterocycles. The number of hydrogen-bond donors (Lipinski definition) is 2. The lowest BCUT2D eigenvalue weighted by atomic mass is 9.72. The number of carbonyl (C=O) groups is 2. The summed E-state index contributed by atoms with van der Waals surface area (Å²) in [5, 5.41) is 24.1. The molecule has 2 N–H and O–H groups in total. The molecule has 1 aromatic carbocycles. The largest absolute Gasteiger partial charge is 0.351 e. The fraction of sp³-hybridized carbons (Fsp3) is 0.333.